The van der Waals surface area contributed by atoms with Gasteiger partial charge in [-0.2, -0.15) is 0 Å². The lowest BCUT2D eigenvalue weighted by Gasteiger charge is -2.36. The number of benzene rings is 1. The van der Waals surface area contributed by atoms with Crippen molar-refractivity contribution in [2.75, 3.05) is 31.1 Å². The van der Waals surface area contributed by atoms with Gasteiger partial charge in [0.25, 0.3) is 5.56 Å². The van der Waals surface area contributed by atoms with E-state index in [9.17, 15) is 9.59 Å². The van der Waals surface area contributed by atoms with Crippen molar-refractivity contribution in [3.05, 3.63) is 58.0 Å². The molecule has 1 aliphatic rings. The van der Waals surface area contributed by atoms with E-state index < -0.39 is 5.60 Å². The second kappa shape index (κ2) is 8.23. The van der Waals surface area contributed by atoms with E-state index in [2.05, 4.69) is 14.9 Å². The van der Waals surface area contributed by atoms with Gasteiger partial charge in [-0.15, -0.1) is 0 Å². The number of hydrogen-bond acceptors (Lipinski definition) is 5. The number of H-pyrrole nitrogens is 1. The van der Waals surface area contributed by atoms with Gasteiger partial charge in [-0.05, 0) is 51.1 Å². The van der Waals surface area contributed by atoms with E-state index in [-0.39, 0.29) is 11.7 Å². The number of rotatable bonds is 2. The van der Waals surface area contributed by atoms with Crippen molar-refractivity contribution in [1.29, 1.82) is 0 Å². The zero-order valence-corrected chi connectivity index (χ0v) is 18.6. The number of carbonyl (C=O) groups is 1. The summed E-state index contributed by atoms with van der Waals surface area (Å²) in [7, 11) is 0. The minimum Gasteiger partial charge on any atom is -0.444 e. The standard InChI is InChI=1S/C23H25ClN4O3/c1-23(2,3)31-22(30)28-11-9-27(10-12-28)20-8-7-15(14-25-20)19-13-17-16(21(29)26-19)5-4-6-18(17)24/h4-8,13-14H,9-12H2,1-3H3,(H,26,29). The van der Waals surface area contributed by atoms with Crippen LogP contribution in [0.4, 0.5) is 10.6 Å². The van der Waals surface area contributed by atoms with Crippen molar-refractivity contribution < 1.29 is 9.53 Å². The van der Waals surface area contributed by atoms with Gasteiger partial charge in [0, 0.05) is 53.7 Å². The molecule has 0 unspecified atom stereocenters. The first-order valence-electron chi connectivity index (χ1n) is 10.2. The number of carbonyl (C=O) groups excluding carboxylic acids is 1. The van der Waals surface area contributed by atoms with Gasteiger partial charge in [-0.3, -0.25) is 4.79 Å². The molecule has 162 valence electrons. The summed E-state index contributed by atoms with van der Waals surface area (Å²) in [6, 6.07) is 11.0. The van der Waals surface area contributed by atoms with Gasteiger partial charge in [0.05, 0.1) is 5.69 Å². The van der Waals surface area contributed by atoms with Crippen molar-refractivity contribution in [3.8, 4) is 11.3 Å². The summed E-state index contributed by atoms with van der Waals surface area (Å²) in [5.41, 5.74) is 0.784. The second-order valence-corrected chi connectivity index (χ2v) is 8.98. The Labute approximate surface area is 185 Å². The molecule has 3 heterocycles. The van der Waals surface area contributed by atoms with Crippen molar-refractivity contribution in [3.63, 3.8) is 0 Å². The van der Waals surface area contributed by atoms with Crippen LogP contribution in [-0.4, -0.2) is 52.7 Å². The normalized spacial score (nSPS) is 14.7. The lowest BCUT2D eigenvalue weighted by atomic mass is 10.1. The molecule has 8 heteroatoms. The summed E-state index contributed by atoms with van der Waals surface area (Å²) in [6.07, 6.45) is 1.46. The Kier molecular flexibility index (Phi) is 5.62. The number of halogens is 1. The summed E-state index contributed by atoms with van der Waals surface area (Å²) < 4.78 is 5.45. The Morgan fingerprint density at radius 1 is 1.10 bits per heavy atom. The van der Waals surface area contributed by atoms with E-state index in [4.69, 9.17) is 16.3 Å². The molecule has 2 aromatic heterocycles. The van der Waals surface area contributed by atoms with Crippen LogP contribution in [0.15, 0.2) is 47.4 Å². The monoisotopic (exact) mass is 440 g/mol. The number of pyridine rings is 2. The Morgan fingerprint density at radius 2 is 1.84 bits per heavy atom. The maximum atomic E-state index is 12.4. The molecule has 0 saturated carbocycles. The summed E-state index contributed by atoms with van der Waals surface area (Å²) in [4.78, 5) is 36.0. The fourth-order valence-corrected chi connectivity index (χ4v) is 3.81. The Balaban J connectivity index is 1.47. The second-order valence-electron chi connectivity index (χ2n) is 8.57. The van der Waals surface area contributed by atoms with Gasteiger partial charge in [0.15, 0.2) is 0 Å². The average Bonchev–Trinajstić information content (AvgIpc) is 2.73. The first-order chi connectivity index (χ1) is 14.7. The summed E-state index contributed by atoms with van der Waals surface area (Å²) in [6.45, 7) is 8.10. The maximum Gasteiger partial charge on any atom is 0.410 e. The van der Waals surface area contributed by atoms with E-state index >= 15 is 0 Å². The number of nitrogens with one attached hydrogen (secondary N) is 1. The molecule has 3 aromatic rings. The molecule has 0 atom stereocenters. The zero-order chi connectivity index (χ0) is 22.2. The number of piperazine rings is 1. The number of anilines is 1. The average molecular weight is 441 g/mol. The topological polar surface area (TPSA) is 78.5 Å². The van der Waals surface area contributed by atoms with E-state index in [1.54, 1.807) is 29.3 Å². The SMILES string of the molecule is CC(C)(C)OC(=O)N1CCN(c2ccc(-c3cc4c(Cl)cccc4c(=O)[nH]3)cn2)CC1. The Hall–Kier alpha value is -3.06. The minimum absolute atomic E-state index is 0.183. The highest BCUT2D eigenvalue weighted by atomic mass is 35.5. The van der Waals surface area contributed by atoms with Gasteiger partial charge in [-0.1, -0.05) is 17.7 Å². The number of ether oxygens (including phenoxy) is 1. The number of aromatic nitrogens is 2. The van der Waals surface area contributed by atoms with Gasteiger partial charge in [0.1, 0.15) is 11.4 Å². The quantitative estimate of drug-likeness (QED) is 0.642. The first-order valence-corrected chi connectivity index (χ1v) is 10.6. The van der Waals surface area contributed by atoms with E-state index in [1.165, 1.54) is 0 Å². The highest BCUT2D eigenvalue weighted by Gasteiger charge is 2.26. The van der Waals surface area contributed by atoms with Crippen LogP contribution < -0.4 is 10.5 Å². The molecule has 0 bridgehead atoms. The molecule has 1 fully saturated rings. The minimum atomic E-state index is -0.500. The molecule has 1 aromatic carbocycles. The van der Waals surface area contributed by atoms with E-state index in [0.29, 0.717) is 47.7 Å². The maximum absolute atomic E-state index is 12.4. The third kappa shape index (κ3) is 4.66. The Morgan fingerprint density at radius 3 is 2.48 bits per heavy atom. The molecule has 0 aliphatic carbocycles. The molecule has 31 heavy (non-hydrogen) atoms. The third-order valence-corrected chi connectivity index (χ3v) is 5.48. The van der Waals surface area contributed by atoms with Crippen molar-refractivity contribution >= 4 is 34.3 Å². The first kappa shape index (κ1) is 21.2. The van der Waals surface area contributed by atoms with Crippen LogP contribution in [0.2, 0.25) is 5.02 Å². The van der Waals surface area contributed by atoms with Crippen LogP contribution in [0.3, 0.4) is 0 Å². The lowest BCUT2D eigenvalue weighted by molar-refractivity contribution is 0.0240. The summed E-state index contributed by atoms with van der Waals surface area (Å²) in [5, 5.41) is 1.81. The van der Waals surface area contributed by atoms with Crippen molar-refractivity contribution in [2.45, 2.75) is 26.4 Å². The van der Waals surface area contributed by atoms with Crippen LogP contribution in [-0.2, 0) is 4.74 Å². The van der Waals surface area contributed by atoms with Crippen molar-refractivity contribution in [1.82, 2.24) is 14.9 Å². The van der Waals surface area contributed by atoms with Gasteiger partial charge >= 0.3 is 6.09 Å². The molecular weight excluding hydrogens is 416 g/mol. The van der Waals surface area contributed by atoms with Crippen molar-refractivity contribution in [2.24, 2.45) is 0 Å². The van der Waals surface area contributed by atoms with Gasteiger partial charge < -0.3 is 19.5 Å². The van der Waals surface area contributed by atoms with Gasteiger partial charge in [-0.25, -0.2) is 9.78 Å². The zero-order valence-electron chi connectivity index (χ0n) is 17.8. The molecule has 7 nitrogen and oxygen atoms in total. The molecule has 1 amide bonds. The molecule has 0 spiro atoms. The largest absolute Gasteiger partial charge is 0.444 e. The molecule has 0 radical (unpaired) electrons. The van der Waals surface area contributed by atoms with Crippen LogP contribution in [0.25, 0.3) is 22.0 Å². The highest BCUT2D eigenvalue weighted by molar-refractivity contribution is 6.35. The lowest BCUT2D eigenvalue weighted by Crippen LogP contribution is -2.50. The van der Waals surface area contributed by atoms with Crippen LogP contribution in [0.5, 0.6) is 0 Å². The number of hydrogen-bond donors (Lipinski definition) is 1. The van der Waals surface area contributed by atoms with Gasteiger partial charge in [0.2, 0.25) is 0 Å². The number of fused-ring (bicyclic) bond motifs is 1. The fraction of sp³-hybridized carbons (Fsp3) is 0.348. The number of amides is 1. The fourth-order valence-electron chi connectivity index (χ4n) is 3.58. The predicted molar refractivity (Wildman–Crippen MR) is 123 cm³/mol. The Bertz CT molecular complexity index is 1160. The smallest absolute Gasteiger partial charge is 0.410 e. The number of aromatic amines is 1. The predicted octanol–water partition coefficient (Wildman–Crippen LogP) is 4.30. The summed E-state index contributed by atoms with van der Waals surface area (Å²) in [5.74, 6) is 0.828. The molecular formula is C23H25ClN4O3. The number of nitrogens with zero attached hydrogens (tertiary/aromatic N) is 3. The highest BCUT2D eigenvalue weighted by Crippen LogP contribution is 2.26. The molecule has 1 aliphatic heterocycles. The summed E-state index contributed by atoms with van der Waals surface area (Å²) >= 11 is 6.27. The molecule has 4 rings (SSSR count). The van der Waals surface area contributed by atoms with Crippen LogP contribution in [0, 0.1) is 0 Å². The van der Waals surface area contributed by atoms with Crippen LogP contribution >= 0.6 is 11.6 Å². The molecule has 1 N–H and O–H groups in total. The van der Waals surface area contributed by atoms with E-state index in [0.717, 1.165) is 11.4 Å². The third-order valence-electron chi connectivity index (χ3n) is 5.15. The van der Waals surface area contributed by atoms with E-state index in [1.807, 2.05) is 39.0 Å². The van der Waals surface area contributed by atoms with Crippen LogP contribution in [0.1, 0.15) is 20.8 Å². The molecule has 1 saturated heterocycles.